The van der Waals surface area contributed by atoms with E-state index in [4.69, 9.17) is 15.0 Å². The highest BCUT2D eigenvalue weighted by molar-refractivity contribution is 5.92. The lowest BCUT2D eigenvalue weighted by Crippen LogP contribution is -2.18. The molecule has 2 heterocycles. The van der Waals surface area contributed by atoms with Gasteiger partial charge >= 0.3 is 0 Å². The standard InChI is InChI=1S/C26H20FN5O/c27-22-16-19(9-10-23(22)33-20-7-2-1-3-8-20)30-26-31-24(21-12-14-29-25(21)32-26)18-6-4-5-17(15-18)11-13-28/h4-6,9-10,12,14-16,20H,2,7-8,11H2,(H2,29,30,31,32). The zero-order valence-electron chi connectivity index (χ0n) is 17.7. The van der Waals surface area contributed by atoms with Crippen molar-refractivity contribution in [3.05, 3.63) is 66.1 Å². The third kappa shape index (κ3) is 4.49. The highest BCUT2D eigenvalue weighted by atomic mass is 19.1. The Kier molecular flexibility index (Phi) is 5.61. The fourth-order valence-electron chi connectivity index (χ4n) is 3.83. The molecule has 0 saturated carbocycles. The maximum absolute atomic E-state index is 14.7. The molecule has 2 aromatic heterocycles. The van der Waals surface area contributed by atoms with Crippen molar-refractivity contribution in [2.45, 2.75) is 31.8 Å². The highest BCUT2D eigenvalue weighted by Gasteiger charge is 2.16. The van der Waals surface area contributed by atoms with Crippen molar-refractivity contribution in [1.82, 2.24) is 15.0 Å². The van der Waals surface area contributed by atoms with Crippen molar-refractivity contribution in [3.8, 4) is 34.9 Å². The quantitative estimate of drug-likeness (QED) is 0.389. The van der Waals surface area contributed by atoms with Gasteiger partial charge in [-0.05, 0) is 36.2 Å². The summed E-state index contributed by atoms with van der Waals surface area (Å²) in [5, 5.41) is 13.0. The van der Waals surface area contributed by atoms with Gasteiger partial charge in [-0.3, -0.25) is 0 Å². The Hall–Kier alpha value is -4.36. The molecule has 0 amide bonds. The second-order valence-corrected chi connectivity index (χ2v) is 7.78. The Balaban J connectivity index is 1.43. The number of benzene rings is 2. The largest absolute Gasteiger partial charge is 0.486 e. The molecule has 6 nitrogen and oxygen atoms in total. The molecule has 2 aromatic carbocycles. The fourth-order valence-corrected chi connectivity index (χ4v) is 3.83. The molecule has 33 heavy (non-hydrogen) atoms. The Morgan fingerprint density at radius 3 is 2.94 bits per heavy atom. The van der Waals surface area contributed by atoms with Crippen LogP contribution in [0.5, 0.6) is 5.75 Å². The van der Waals surface area contributed by atoms with Crippen LogP contribution >= 0.6 is 0 Å². The Morgan fingerprint density at radius 1 is 1.18 bits per heavy atom. The number of hydrogen-bond acceptors (Lipinski definition) is 5. The number of halogens is 1. The van der Waals surface area contributed by atoms with E-state index in [9.17, 15) is 4.39 Å². The first-order valence-electron chi connectivity index (χ1n) is 10.7. The van der Waals surface area contributed by atoms with E-state index in [0.717, 1.165) is 35.0 Å². The molecule has 0 bridgehead atoms. The second kappa shape index (κ2) is 9.02. The average molecular weight is 437 g/mol. The van der Waals surface area contributed by atoms with Crippen molar-refractivity contribution in [1.29, 1.82) is 5.26 Å². The number of nitrogens with one attached hydrogen (secondary N) is 2. The molecule has 1 aliphatic rings. The fraction of sp³-hybridized carbons (Fsp3) is 0.192. The summed E-state index contributed by atoms with van der Waals surface area (Å²) in [6.07, 6.45) is 4.22. The SMILES string of the molecule is N#CCc1cccc(-c2nc(Nc3ccc(OC4CC#CCC4)c(F)c3)nc3[nH]ccc23)c1. The van der Waals surface area contributed by atoms with Gasteiger partial charge < -0.3 is 15.0 Å². The second-order valence-electron chi connectivity index (χ2n) is 7.78. The minimum atomic E-state index is -0.455. The van der Waals surface area contributed by atoms with Crippen LogP contribution in [0.15, 0.2) is 54.7 Å². The summed E-state index contributed by atoms with van der Waals surface area (Å²) >= 11 is 0. The van der Waals surface area contributed by atoms with E-state index >= 15 is 0 Å². The van der Waals surface area contributed by atoms with Crippen LogP contribution in [0, 0.1) is 29.0 Å². The summed E-state index contributed by atoms with van der Waals surface area (Å²) in [5.41, 5.74) is 3.68. The number of nitrogens with zero attached hydrogens (tertiary/aromatic N) is 3. The molecule has 1 aliphatic carbocycles. The van der Waals surface area contributed by atoms with Crippen molar-refractivity contribution >= 4 is 22.7 Å². The molecule has 162 valence electrons. The number of rotatable bonds is 6. The summed E-state index contributed by atoms with van der Waals surface area (Å²) in [4.78, 5) is 12.3. The highest BCUT2D eigenvalue weighted by Crippen LogP contribution is 2.30. The predicted molar refractivity (Wildman–Crippen MR) is 124 cm³/mol. The summed E-state index contributed by atoms with van der Waals surface area (Å²) in [6, 6.07) is 16.5. The number of fused-ring (bicyclic) bond motifs is 1. The zero-order valence-corrected chi connectivity index (χ0v) is 17.7. The van der Waals surface area contributed by atoms with Crippen LogP contribution in [0.4, 0.5) is 16.0 Å². The van der Waals surface area contributed by atoms with Crippen molar-refractivity contribution < 1.29 is 9.13 Å². The molecule has 2 N–H and O–H groups in total. The van der Waals surface area contributed by atoms with Crippen LogP contribution < -0.4 is 10.1 Å². The first-order valence-corrected chi connectivity index (χ1v) is 10.7. The number of ether oxygens (including phenoxy) is 1. The van der Waals surface area contributed by atoms with E-state index < -0.39 is 5.82 Å². The first-order chi connectivity index (χ1) is 16.2. The van der Waals surface area contributed by atoms with Gasteiger partial charge in [-0.25, -0.2) is 9.37 Å². The monoisotopic (exact) mass is 437 g/mol. The summed E-state index contributed by atoms with van der Waals surface area (Å²) in [7, 11) is 0. The number of hydrogen-bond donors (Lipinski definition) is 2. The van der Waals surface area contributed by atoms with Gasteiger partial charge in [0.25, 0.3) is 0 Å². The molecule has 1 unspecified atom stereocenters. The van der Waals surface area contributed by atoms with Crippen LogP contribution in [-0.4, -0.2) is 21.1 Å². The van der Waals surface area contributed by atoms with Crippen LogP contribution in [0.2, 0.25) is 0 Å². The minimum absolute atomic E-state index is 0.0856. The van der Waals surface area contributed by atoms with Gasteiger partial charge in [0, 0.05) is 41.7 Å². The summed E-state index contributed by atoms with van der Waals surface area (Å²) in [5.74, 6) is 6.13. The molecule has 1 atom stereocenters. The topological polar surface area (TPSA) is 86.6 Å². The number of aromatic nitrogens is 3. The van der Waals surface area contributed by atoms with Crippen molar-refractivity contribution in [3.63, 3.8) is 0 Å². The molecule has 0 aliphatic heterocycles. The molecule has 4 aromatic rings. The molecule has 0 radical (unpaired) electrons. The van der Waals surface area contributed by atoms with E-state index in [1.54, 1.807) is 18.3 Å². The molecule has 0 spiro atoms. The van der Waals surface area contributed by atoms with Crippen LogP contribution in [0.3, 0.4) is 0 Å². The minimum Gasteiger partial charge on any atom is -0.486 e. The zero-order chi connectivity index (χ0) is 22.6. The number of H-pyrrole nitrogens is 1. The predicted octanol–water partition coefficient (Wildman–Crippen LogP) is 5.51. The molecule has 5 rings (SSSR count). The Bertz CT molecular complexity index is 1430. The van der Waals surface area contributed by atoms with E-state index in [1.807, 2.05) is 30.3 Å². The Labute approximate surface area is 190 Å². The van der Waals surface area contributed by atoms with E-state index in [0.29, 0.717) is 30.1 Å². The van der Waals surface area contributed by atoms with Gasteiger partial charge in [-0.1, -0.05) is 24.1 Å². The van der Waals surface area contributed by atoms with Crippen LogP contribution in [0.25, 0.3) is 22.3 Å². The molecular weight excluding hydrogens is 417 g/mol. The van der Waals surface area contributed by atoms with E-state index in [-0.39, 0.29) is 11.9 Å². The van der Waals surface area contributed by atoms with Crippen LogP contribution in [-0.2, 0) is 6.42 Å². The third-order valence-electron chi connectivity index (χ3n) is 5.43. The van der Waals surface area contributed by atoms with Crippen molar-refractivity contribution in [2.24, 2.45) is 0 Å². The van der Waals surface area contributed by atoms with Gasteiger partial charge in [-0.15, -0.1) is 5.92 Å². The van der Waals surface area contributed by atoms with Gasteiger partial charge in [0.05, 0.1) is 18.2 Å². The smallest absolute Gasteiger partial charge is 0.229 e. The molecule has 7 heteroatoms. The maximum Gasteiger partial charge on any atom is 0.229 e. The Morgan fingerprint density at radius 2 is 2.12 bits per heavy atom. The lowest BCUT2D eigenvalue weighted by Gasteiger charge is -2.18. The lowest BCUT2D eigenvalue weighted by atomic mass is 10.0. The van der Waals surface area contributed by atoms with Crippen molar-refractivity contribution in [2.75, 3.05) is 5.32 Å². The molecular formula is C26H20FN5O. The first kappa shape index (κ1) is 20.5. The maximum atomic E-state index is 14.7. The number of anilines is 2. The average Bonchev–Trinajstić information content (AvgIpc) is 3.30. The lowest BCUT2D eigenvalue weighted by molar-refractivity contribution is 0.187. The number of nitriles is 1. The van der Waals surface area contributed by atoms with Gasteiger partial charge in [0.1, 0.15) is 11.8 Å². The molecule has 0 fully saturated rings. The van der Waals surface area contributed by atoms with E-state index in [1.165, 1.54) is 6.07 Å². The van der Waals surface area contributed by atoms with E-state index in [2.05, 4.69) is 33.2 Å². The summed E-state index contributed by atoms with van der Waals surface area (Å²) in [6.45, 7) is 0. The third-order valence-corrected chi connectivity index (χ3v) is 5.43. The number of aromatic amines is 1. The van der Waals surface area contributed by atoms with Crippen LogP contribution in [0.1, 0.15) is 24.8 Å². The molecule has 0 saturated heterocycles. The van der Waals surface area contributed by atoms with Gasteiger partial charge in [0.2, 0.25) is 5.95 Å². The van der Waals surface area contributed by atoms with Gasteiger partial charge in [0.15, 0.2) is 11.6 Å². The normalized spacial score (nSPS) is 14.8. The summed E-state index contributed by atoms with van der Waals surface area (Å²) < 4.78 is 20.5. The van der Waals surface area contributed by atoms with Gasteiger partial charge in [-0.2, -0.15) is 10.2 Å².